The molecule has 254 valence electrons. The average molecular weight is 714 g/mol. The van der Waals surface area contributed by atoms with Crippen LogP contribution in [0.15, 0.2) is 42.7 Å². The quantitative estimate of drug-likeness (QED) is 0.216. The van der Waals surface area contributed by atoms with Crippen LogP contribution in [-0.2, 0) is 15.7 Å². The lowest BCUT2D eigenvalue weighted by molar-refractivity contribution is -0.274. The van der Waals surface area contributed by atoms with E-state index in [1.807, 2.05) is 0 Å². The monoisotopic (exact) mass is 713 g/mol. The molecule has 6 atom stereocenters. The third-order valence-corrected chi connectivity index (χ3v) is 7.85. The number of aromatic nitrogens is 5. The van der Waals surface area contributed by atoms with Crippen LogP contribution < -0.4 is 4.74 Å². The number of methoxy groups -OCH3 is 1. The first kappa shape index (κ1) is 34.8. The summed E-state index contributed by atoms with van der Waals surface area (Å²) in [6.45, 7) is 2.73. The van der Waals surface area contributed by atoms with Gasteiger partial charge in [-0.3, -0.25) is 4.68 Å². The predicted octanol–water partition coefficient (Wildman–Crippen LogP) is 6.24. The van der Waals surface area contributed by atoms with Crippen LogP contribution in [0.25, 0.3) is 16.8 Å². The minimum Gasteiger partial charge on any atom is -0.405 e. The lowest BCUT2D eigenvalue weighted by Gasteiger charge is -2.45. The fourth-order valence-corrected chi connectivity index (χ4v) is 5.71. The van der Waals surface area contributed by atoms with Crippen molar-refractivity contribution in [3.05, 3.63) is 75.8 Å². The van der Waals surface area contributed by atoms with Crippen molar-refractivity contribution in [2.45, 2.75) is 62.9 Å². The summed E-state index contributed by atoms with van der Waals surface area (Å²) < 4.78 is 113. The highest BCUT2D eigenvalue weighted by atomic mass is 35.5. The normalized spacial score (nSPS) is 22.8. The molecule has 4 aromatic rings. The molecule has 0 bridgehead atoms. The summed E-state index contributed by atoms with van der Waals surface area (Å²) in [5.74, 6) is -2.22. The summed E-state index contributed by atoms with van der Waals surface area (Å²) in [6, 6.07) is 2.82. The molecule has 0 saturated carbocycles. The summed E-state index contributed by atoms with van der Waals surface area (Å²) in [5, 5.41) is 29.9. The van der Waals surface area contributed by atoms with Gasteiger partial charge in [-0.2, -0.15) is 23.4 Å². The maximum Gasteiger partial charge on any atom is 0.573 e. The number of hydrogen-bond donors (Lipinski definition) is 2. The van der Waals surface area contributed by atoms with Crippen molar-refractivity contribution in [3.63, 3.8) is 0 Å². The van der Waals surface area contributed by atoms with Crippen LogP contribution in [0.4, 0.5) is 30.7 Å². The molecule has 1 aliphatic heterocycles. The molecular weight excluding hydrogens is 690 g/mol. The molecule has 0 aliphatic carbocycles. The average Bonchev–Trinajstić information content (AvgIpc) is 3.59. The first-order valence-corrected chi connectivity index (χ1v) is 14.3. The van der Waals surface area contributed by atoms with Gasteiger partial charge in [-0.15, -0.1) is 13.2 Å². The van der Waals surface area contributed by atoms with Crippen LogP contribution in [0.1, 0.15) is 36.3 Å². The number of alkyl halides is 6. The SMILES string of the molecule is CO[C@H]1C(C(C)O)O[C@@H](c2nc(C)nn2-c2cc(Cl)ccc2C(F)(F)F)C(O)C1n1cc(-c2cc(F)c(Cl)cc2OC(F)(F)F)cn1. The Morgan fingerprint density at radius 3 is 2.40 bits per heavy atom. The summed E-state index contributed by atoms with van der Waals surface area (Å²) in [7, 11) is 1.23. The van der Waals surface area contributed by atoms with Gasteiger partial charge in [0, 0.05) is 35.5 Å². The van der Waals surface area contributed by atoms with E-state index in [1.165, 1.54) is 21.0 Å². The number of hydrogen-bond acceptors (Lipinski definition) is 8. The lowest BCUT2D eigenvalue weighted by atomic mass is 9.89. The molecule has 0 radical (unpaired) electrons. The molecule has 1 fully saturated rings. The minimum absolute atomic E-state index is 0.00811. The van der Waals surface area contributed by atoms with Gasteiger partial charge in [0.1, 0.15) is 47.8 Å². The Hall–Kier alpha value is -3.48. The van der Waals surface area contributed by atoms with Crippen molar-refractivity contribution in [1.82, 2.24) is 24.5 Å². The summed E-state index contributed by atoms with van der Waals surface area (Å²) in [4.78, 5) is 4.23. The lowest BCUT2D eigenvalue weighted by Crippen LogP contribution is -2.56. The van der Waals surface area contributed by atoms with Crippen LogP contribution in [-0.4, -0.2) is 72.6 Å². The number of aliphatic hydroxyl groups is 2. The molecular formula is C28H24Cl2F7N5O5. The maximum absolute atomic E-state index is 14.4. The topological polar surface area (TPSA) is 117 Å². The maximum atomic E-state index is 14.4. The first-order chi connectivity index (χ1) is 21.9. The molecule has 1 saturated heterocycles. The predicted molar refractivity (Wildman–Crippen MR) is 151 cm³/mol. The Kier molecular flexibility index (Phi) is 9.53. The first-order valence-electron chi connectivity index (χ1n) is 13.5. The van der Waals surface area contributed by atoms with Gasteiger partial charge in [-0.05, 0) is 38.1 Å². The Bertz CT molecular complexity index is 1760. The molecule has 2 aromatic carbocycles. The molecule has 1 aliphatic rings. The van der Waals surface area contributed by atoms with Gasteiger partial charge >= 0.3 is 12.5 Å². The van der Waals surface area contributed by atoms with Gasteiger partial charge in [0.15, 0.2) is 5.82 Å². The zero-order chi connectivity index (χ0) is 34.6. The van der Waals surface area contributed by atoms with E-state index in [0.29, 0.717) is 12.1 Å². The van der Waals surface area contributed by atoms with E-state index in [1.54, 1.807) is 0 Å². The standard InChI is InChI=1S/C28H24Cl2F7N5O5/c1-11(43)23-24(45-3)21(41-10-13(9-38-41)15-7-18(31)17(30)8-20(15)47-28(35,36)37)22(44)25(46-23)26-39-12(2)40-42(26)19-6-14(29)4-5-16(19)27(32,33)34/h4-11,21-25,43-44H,1-3H3/t11?,21?,22?,23?,24-,25-/m1/s1. The van der Waals surface area contributed by atoms with Crippen molar-refractivity contribution in [3.8, 4) is 22.6 Å². The van der Waals surface area contributed by atoms with E-state index in [0.717, 1.165) is 40.0 Å². The number of nitrogens with zero attached hydrogens (tertiary/aromatic N) is 5. The number of ether oxygens (including phenoxy) is 3. The van der Waals surface area contributed by atoms with Crippen molar-refractivity contribution >= 4 is 23.2 Å². The second-order valence-electron chi connectivity index (χ2n) is 10.6. The highest BCUT2D eigenvalue weighted by Crippen LogP contribution is 2.43. The molecule has 0 spiro atoms. The zero-order valence-electron chi connectivity index (χ0n) is 24.3. The molecule has 47 heavy (non-hydrogen) atoms. The summed E-state index contributed by atoms with van der Waals surface area (Å²) >= 11 is 11.7. The Labute approximate surface area is 271 Å². The van der Waals surface area contributed by atoms with Crippen molar-refractivity contribution < 1.29 is 55.2 Å². The van der Waals surface area contributed by atoms with E-state index < -0.39 is 82.5 Å². The van der Waals surface area contributed by atoms with E-state index >= 15 is 0 Å². The third-order valence-electron chi connectivity index (χ3n) is 7.32. The Balaban J connectivity index is 1.63. The van der Waals surface area contributed by atoms with Gasteiger partial charge in [0.2, 0.25) is 0 Å². The number of aliphatic hydroxyl groups excluding tert-OH is 2. The van der Waals surface area contributed by atoms with Crippen molar-refractivity contribution in [2.75, 3.05) is 7.11 Å². The molecule has 10 nitrogen and oxygen atoms in total. The molecule has 2 aromatic heterocycles. The summed E-state index contributed by atoms with van der Waals surface area (Å²) in [5.41, 5.74) is -2.16. The molecule has 4 unspecified atom stereocenters. The van der Waals surface area contributed by atoms with Gasteiger partial charge in [0.25, 0.3) is 0 Å². The largest absolute Gasteiger partial charge is 0.573 e. The number of halogens is 9. The highest BCUT2D eigenvalue weighted by Gasteiger charge is 2.51. The highest BCUT2D eigenvalue weighted by molar-refractivity contribution is 6.31. The number of aryl methyl sites for hydroxylation is 1. The van der Waals surface area contributed by atoms with Crippen LogP contribution in [0.2, 0.25) is 10.0 Å². The van der Waals surface area contributed by atoms with Gasteiger partial charge in [0.05, 0.1) is 28.6 Å². The van der Waals surface area contributed by atoms with Crippen LogP contribution in [0.3, 0.4) is 0 Å². The Morgan fingerprint density at radius 2 is 1.79 bits per heavy atom. The number of benzene rings is 2. The zero-order valence-corrected chi connectivity index (χ0v) is 25.8. The fourth-order valence-electron chi connectivity index (χ4n) is 5.39. The van der Waals surface area contributed by atoms with Gasteiger partial charge in [-0.25, -0.2) is 14.1 Å². The molecule has 3 heterocycles. The molecule has 2 N–H and O–H groups in total. The van der Waals surface area contributed by atoms with Crippen molar-refractivity contribution in [1.29, 1.82) is 0 Å². The van der Waals surface area contributed by atoms with Crippen LogP contribution in [0, 0.1) is 12.7 Å². The summed E-state index contributed by atoms with van der Waals surface area (Å²) in [6.07, 6.45) is -14.9. The molecule has 5 rings (SSSR count). The second kappa shape index (κ2) is 12.9. The van der Waals surface area contributed by atoms with Crippen LogP contribution in [0.5, 0.6) is 5.75 Å². The van der Waals surface area contributed by atoms with Crippen molar-refractivity contribution in [2.24, 2.45) is 0 Å². The van der Waals surface area contributed by atoms with Gasteiger partial charge < -0.3 is 24.4 Å². The third kappa shape index (κ3) is 7.05. The van der Waals surface area contributed by atoms with Crippen LogP contribution >= 0.6 is 23.2 Å². The Morgan fingerprint density at radius 1 is 1.09 bits per heavy atom. The minimum atomic E-state index is -5.16. The van der Waals surface area contributed by atoms with E-state index in [2.05, 4.69) is 19.9 Å². The van der Waals surface area contributed by atoms with E-state index in [9.17, 15) is 40.9 Å². The molecule has 0 amide bonds. The molecule has 19 heteroatoms. The van der Waals surface area contributed by atoms with Gasteiger partial charge in [-0.1, -0.05) is 23.2 Å². The van der Waals surface area contributed by atoms with E-state index in [-0.39, 0.29) is 22.2 Å². The van der Waals surface area contributed by atoms with E-state index in [4.69, 9.17) is 32.7 Å². The number of rotatable bonds is 7. The smallest absolute Gasteiger partial charge is 0.405 e. The second-order valence-corrected chi connectivity index (χ2v) is 11.4. The fraction of sp³-hybridized carbons (Fsp3) is 0.393.